The molecule has 19 heavy (non-hydrogen) atoms. The quantitative estimate of drug-likeness (QED) is 0.812. The van der Waals surface area contributed by atoms with Crippen LogP contribution in [0.4, 0.5) is 0 Å². The summed E-state index contributed by atoms with van der Waals surface area (Å²) in [6.45, 7) is 3.82. The van der Waals surface area contributed by atoms with E-state index in [4.69, 9.17) is 17.3 Å². The van der Waals surface area contributed by atoms with Crippen LogP contribution in [-0.4, -0.2) is 17.9 Å². The Morgan fingerprint density at radius 1 is 1.37 bits per heavy atom. The first-order valence-corrected chi connectivity index (χ1v) is 6.27. The standard InChI is InChI=1S/C14H17ClN2O2/c1-9(2)7-8-12(13(16)18)17-14(19)10-5-3-4-6-11(10)15/h3-7,12H,8H2,1-2H3,(H2,16,18)(H,17,19)/t12-/m0/s1. The molecule has 0 aliphatic rings. The van der Waals surface area contributed by atoms with Crippen LogP contribution in [0.1, 0.15) is 30.6 Å². The van der Waals surface area contributed by atoms with Gasteiger partial charge < -0.3 is 11.1 Å². The second kappa shape index (κ2) is 6.95. The van der Waals surface area contributed by atoms with Gasteiger partial charge >= 0.3 is 0 Å². The van der Waals surface area contributed by atoms with E-state index >= 15 is 0 Å². The number of hydrogen-bond donors (Lipinski definition) is 2. The van der Waals surface area contributed by atoms with Gasteiger partial charge in [-0.05, 0) is 32.4 Å². The van der Waals surface area contributed by atoms with Crippen LogP contribution in [0.2, 0.25) is 5.02 Å². The first-order chi connectivity index (χ1) is 8.91. The molecule has 0 aromatic heterocycles. The summed E-state index contributed by atoms with van der Waals surface area (Å²) in [7, 11) is 0. The van der Waals surface area contributed by atoms with Gasteiger partial charge in [-0.1, -0.05) is 35.4 Å². The van der Waals surface area contributed by atoms with E-state index in [0.717, 1.165) is 5.57 Å². The highest BCUT2D eigenvalue weighted by atomic mass is 35.5. The molecule has 0 aliphatic carbocycles. The van der Waals surface area contributed by atoms with Gasteiger partial charge in [0.25, 0.3) is 5.91 Å². The molecule has 0 unspecified atom stereocenters. The Morgan fingerprint density at radius 3 is 2.53 bits per heavy atom. The molecule has 0 saturated heterocycles. The minimum absolute atomic E-state index is 0.326. The molecular weight excluding hydrogens is 264 g/mol. The average Bonchev–Trinajstić information content (AvgIpc) is 2.34. The van der Waals surface area contributed by atoms with Gasteiger partial charge in [0.2, 0.25) is 5.91 Å². The van der Waals surface area contributed by atoms with E-state index in [1.54, 1.807) is 24.3 Å². The smallest absolute Gasteiger partial charge is 0.253 e. The number of rotatable bonds is 5. The van der Waals surface area contributed by atoms with Crippen LogP contribution in [0.3, 0.4) is 0 Å². The maximum Gasteiger partial charge on any atom is 0.253 e. The number of hydrogen-bond acceptors (Lipinski definition) is 2. The summed E-state index contributed by atoms with van der Waals surface area (Å²) in [6.07, 6.45) is 2.22. The molecule has 102 valence electrons. The maximum absolute atomic E-state index is 12.0. The Morgan fingerprint density at radius 2 is 2.00 bits per heavy atom. The zero-order chi connectivity index (χ0) is 14.4. The summed E-state index contributed by atoms with van der Waals surface area (Å²) in [5, 5.41) is 2.92. The monoisotopic (exact) mass is 280 g/mol. The molecule has 0 fully saturated rings. The zero-order valence-corrected chi connectivity index (χ0v) is 11.7. The number of primary amides is 1. The van der Waals surface area contributed by atoms with Gasteiger partial charge in [-0.15, -0.1) is 0 Å². The SMILES string of the molecule is CC(C)=CC[C@H](NC(=O)c1ccccc1Cl)C(N)=O. The Hall–Kier alpha value is -1.81. The van der Waals surface area contributed by atoms with Gasteiger partial charge in [0.15, 0.2) is 0 Å². The predicted octanol–water partition coefficient (Wildman–Crippen LogP) is 2.28. The predicted molar refractivity (Wildman–Crippen MR) is 75.9 cm³/mol. The highest BCUT2D eigenvalue weighted by Gasteiger charge is 2.18. The lowest BCUT2D eigenvalue weighted by molar-refractivity contribution is -0.119. The van der Waals surface area contributed by atoms with E-state index in [-0.39, 0.29) is 0 Å². The van der Waals surface area contributed by atoms with Crippen molar-refractivity contribution in [3.63, 3.8) is 0 Å². The first-order valence-electron chi connectivity index (χ1n) is 5.90. The van der Waals surface area contributed by atoms with Crippen LogP contribution < -0.4 is 11.1 Å². The van der Waals surface area contributed by atoms with Crippen molar-refractivity contribution in [2.24, 2.45) is 5.73 Å². The molecule has 1 aromatic carbocycles. The van der Waals surface area contributed by atoms with Crippen LogP contribution in [0.15, 0.2) is 35.9 Å². The fourth-order valence-electron chi connectivity index (χ4n) is 1.48. The summed E-state index contributed by atoms with van der Waals surface area (Å²) >= 11 is 5.92. The summed E-state index contributed by atoms with van der Waals surface area (Å²) < 4.78 is 0. The molecule has 1 aromatic rings. The number of carbonyl (C=O) groups excluding carboxylic acids is 2. The highest BCUT2D eigenvalue weighted by Crippen LogP contribution is 2.15. The number of amides is 2. The van der Waals surface area contributed by atoms with Gasteiger partial charge in [0, 0.05) is 0 Å². The topological polar surface area (TPSA) is 72.2 Å². The van der Waals surface area contributed by atoms with Gasteiger partial charge in [0.05, 0.1) is 10.6 Å². The van der Waals surface area contributed by atoms with Crippen LogP contribution in [0, 0.1) is 0 Å². The second-order valence-electron chi connectivity index (χ2n) is 4.43. The first kappa shape index (κ1) is 15.2. The third kappa shape index (κ3) is 4.75. The van der Waals surface area contributed by atoms with E-state index in [1.807, 2.05) is 19.9 Å². The molecule has 0 saturated carbocycles. The van der Waals surface area contributed by atoms with E-state index in [9.17, 15) is 9.59 Å². The molecule has 0 spiro atoms. The van der Waals surface area contributed by atoms with Crippen molar-refractivity contribution in [1.82, 2.24) is 5.32 Å². The normalized spacial score (nSPS) is 11.5. The van der Waals surface area contributed by atoms with Gasteiger partial charge in [-0.3, -0.25) is 9.59 Å². The Kier molecular flexibility index (Phi) is 5.57. The largest absolute Gasteiger partial charge is 0.368 e. The highest BCUT2D eigenvalue weighted by molar-refractivity contribution is 6.33. The third-order valence-corrected chi connectivity index (χ3v) is 2.86. The summed E-state index contributed by atoms with van der Waals surface area (Å²) in [5.74, 6) is -0.977. The van der Waals surface area contributed by atoms with Crippen LogP contribution >= 0.6 is 11.6 Å². The Labute approximate surface area is 117 Å². The number of nitrogens with one attached hydrogen (secondary N) is 1. The Balaban J connectivity index is 2.80. The number of benzene rings is 1. The second-order valence-corrected chi connectivity index (χ2v) is 4.83. The zero-order valence-electron chi connectivity index (χ0n) is 10.9. The van der Waals surface area contributed by atoms with Gasteiger partial charge in [0.1, 0.15) is 6.04 Å². The lowest BCUT2D eigenvalue weighted by Crippen LogP contribution is -2.44. The van der Waals surface area contributed by atoms with Gasteiger partial charge in [-0.25, -0.2) is 0 Å². The van der Waals surface area contributed by atoms with E-state index in [0.29, 0.717) is 17.0 Å². The molecule has 5 heteroatoms. The molecule has 0 radical (unpaired) electrons. The molecule has 1 rings (SSSR count). The number of carbonyl (C=O) groups is 2. The molecule has 1 atom stereocenters. The summed E-state index contributed by atoms with van der Waals surface area (Å²) in [4.78, 5) is 23.3. The van der Waals surface area contributed by atoms with Crippen molar-refractivity contribution in [3.8, 4) is 0 Å². The molecule has 4 nitrogen and oxygen atoms in total. The van der Waals surface area contributed by atoms with Crippen molar-refractivity contribution >= 4 is 23.4 Å². The summed E-state index contributed by atoms with van der Waals surface area (Å²) in [5.41, 5.74) is 6.65. The molecule has 0 bridgehead atoms. The fourth-order valence-corrected chi connectivity index (χ4v) is 1.70. The van der Waals surface area contributed by atoms with Crippen molar-refractivity contribution < 1.29 is 9.59 Å². The van der Waals surface area contributed by atoms with Gasteiger partial charge in [-0.2, -0.15) is 0 Å². The molecule has 0 heterocycles. The number of halogens is 1. The van der Waals surface area contributed by atoms with E-state index < -0.39 is 17.9 Å². The van der Waals surface area contributed by atoms with Crippen molar-refractivity contribution in [2.45, 2.75) is 26.3 Å². The summed E-state index contributed by atoms with van der Waals surface area (Å²) in [6, 6.07) is 5.91. The lowest BCUT2D eigenvalue weighted by Gasteiger charge is -2.14. The maximum atomic E-state index is 12.0. The van der Waals surface area contributed by atoms with Crippen LogP contribution in [-0.2, 0) is 4.79 Å². The van der Waals surface area contributed by atoms with E-state index in [2.05, 4.69) is 5.32 Å². The number of nitrogens with two attached hydrogens (primary N) is 1. The molecular formula is C14H17ClN2O2. The third-order valence-electron chi connectivity index (χ3n) is 2.53. The lowest BCUT2D eigenvalue weighted by atomic mass is 10.1. The molecule has 2 amide bonds. The van der Waals surface area contributed by atoms with Crippen LogP contribution in [0.25, 0.3) is 0 Å². The fraction of sp³-hybridized carbons (Fsp3) is 0.286. The molecule has 0 aliphatic heterocycles. The van der Waals surface area contributed by atoms with Crippen molar-refractivity contribution in [3.05, 3.63) is 46.5 Å². The van der Waals surface area contributed by atoms with Crippen molar-refractivity contribution in [1.29, 1.82) is 0 Å². The number of allylic oxidation sites excluding steroid dienone is 1. The Bertz CT molecular complexity index is 508. The van der Waals surface area contributed by atoms with Crippen molar-refractivity contribution in [2.75, 3.05) is 0 Å². The minimum Gasteiger partial charge on any atom is -0.368 e. The average molecular weight is 281 g/mol. The van der Waals surface area contributed by atoms with E-state index in [1.165, 1.54) is 0 Å². The van der Waals surface area contributed by atoms with Crippen LogP contribution in [0.5, 0.6) is 0 Å². The minimum atomic E-state index is -0.737. The molecule has 3 N–H and O–H groups in total.